The smallest absolute Gasteiger partial charge is 0.191 e. The number of benzene rings is 2. The molecule has 134 valence electrons. The highest BCUT2D eigenvalue weighted by Gasteiger charge is 2.15. The van der Waals surface area contributed by atoms with Gasteiger partial charge in [-0.15, -0.1) is 24.0 Å². The van der Waals surface area contributed by atoms with Gasteiger partial charge in [-0.3, -0.25) is 4.99 Å². The summed E-state index contributed by atoms with van der Waals surface area (Å²) in [7, 11) is 0. The van der Waals surface area contributed by atoms with Crippen LogP contribution in [0.25, 0.3) is 0 Å². The fourth-order valence-corrected chi connectivity index (χ4v) is 3.10. The molecule has 1 saturated heterocycles. The number of ether oxygens (including phenoxy) is 1. The average Bonchev–Trinajstić information content (AvgIpc) is 2.67. The Labute approximate surface area is 167 Å². The maximum atomic E-state index is 6.13. The highest BCUT2D eigenvalue weighted by Crippen LogP contribution is 2.27. The highest BCUT2D eigenvalue weighted by molar-refractivity contribution is 14.0. The number of aliphatic imine (C=N–C) groups is 1. The van der Waals surface area contributed by atoms with E-state index in [0.717, 1.165) is 39.3 Å². The van der Waals surface area contributed by atoms with Crippen LogP contribution in [0.15, 0.2) is 65.7 Å². The molecule has 2 N–H and O–H groups in total. The van der Waals surface area contributed by atoms with Crippen molar-refractivity contribution in [1.82, 2.24) is 4.90 Å². The first-order valence-corrected chi connectivity index (χ1v) is 8.57. The van der Waals surface area contributed by atoms with E-state index >= 15 is 0 Å². The van der Waals surface area contributed by atoms with E-state index in [0.29, 0.717) is 11.9 Å². The van der Waals surface area contributed by atoms with Crippen molar-refractivity contribution in [2.45, 2.75) is 12.3 Å². The summed E-state index contributed by atoms with van der Waals surface area (Å²) in [5.74, 6) is 0.979. The molecule has 0 atom stereocenters. The minimum absolute atomic E-state index is 0. The predicted molar refractivity (Wildman–Crippen MR) is 114 cm³/mol. The second-order valence-electron chi connectivity index (χ2n) is 6.00. The Morgan fingerprint density at radius 3 is 2.00 bits per heavy atom. The minimum Gasteiger partial charge on any atom is -0.378 e. The van der Waals surface area contributed by atoms with Gasteiger partial charge in [0, 0.05) is 25.6 Å². The standard InChI is InChI=1S/C20H25N3O.HI/c21-20(23-13-15-24-16-14-23)22-12-11-19(17-7-3-1-4-8-17)18-9-5-2-6-10-18;/h1-10,19H,11-16H2,(H2,21,22);1H. The van der Waals surface area contributed by atoms with Gasteiger partial charge in [0.1, 0.15) is 0 Å². The zero-order valence-corrected chi connectivity index (χ0v) is 16.7. The molecule has 0 amide bonds. The molecule has 0 bridgehead atoms. The largest absolute Gasteiger partial charge is 0.378 e. The van der Waals surface area contributed by atoms with Crippen molar-refractivity contribution in [3.05, 3.63) is 71.8 Å². The average molecular weight is 451 g/mol. The number of guanidine groups is 1. The third-order valence-corrected chi connectivity index (χ3v) is 4.43. The van der Waals surface area contributed by atoms with Crippen LogP contribution in [-0.4, -0.2) is 43.7 Å². The van der Waals surface area contributed by atoms with Gasteiger partial charge in [0.2, 0.25) is 0 Å². The van der Waals surface area contributed by atoms with Gasteiger partial charge in [-0.1, -0.05) is 60.7 Å². The van der Waals surface area contributed by atoms with E-state index < -0.39 is 0 Å². The Hall–Kier alpha value is -1.60. The van der Waals surface area contributed by atoms with E-state index in [4.69, 9.17) is 10.5 Å². The molecule has 0 saturated carbocycles. The summed E-state index contributed by atoms with van der Waals surface area (Å²) in [6.07, 6.45) is 0.944. The number of nitrogens with zero attached hydrogens (tertiary/aromatic N) is 2. The summed E-state index contributed by atoms with van der Waals surface area (Å²) in [6, 6.07) is 21.2. The molecule has 0 aromatic heterocycles. The van der Waals surface area contributed by atoms with E-state index in [1.165, 1.54) is 11.1 Å². The highest BCUT2D eigenvalue weighted by atomic mass is 127. The normalized spacial score (nSPS) is 15.1. The molecule has 0 spiro atoms. The Morgan fingerprint density at radius 1 is 0.960 bits per heavy atom. The van der Waals surface area contributed by atoms with Crippen LogP contribution in [0.4, 0.5) is 0 Å². The molecular weight excluding hydrogens is 425 g/mol. The lowest BCUT2D eigenvalue weighted by Gasteiger charge is -2.27. The molecule has 0 radical (unpaired) electrons. The Bertz CT molecular complexity index is 603. The van der Waals surface area contributed by atoms with Gasteiger partial charge in [0.15, 0.2) is 5.96 Å². The lowest BCUT2D eigenvalue weighted by Crippen LogP contribution is -2.44. The molecule has 4 nitrogen and oxygen atoms in total. The maximum Gasteiger partial charge on any atom is 0.191 e. The van der Waals surface area contributed by atoms with Gasteiger partial charge < -0.3 is 15.4 Å². The second kappa shape index (κ2) is 10.4. The zero-order valence-electron chi connectivity index (χ0n) is 14.4. The van der Waals surface area contributed by atoms with Gasteiger partial charge in [0.25, 0.3) is 0 Å². The summed E-state index contributed by atoms with van der Waals surface area (Å²) < 4.78 is 5.36. The summed E-state index contributed by atoms with van der Waals surface area (Å²) in [6.45, 7) is 3.84. The quantitative estimate of drug-likeness (QED) is 0.431. The molecule has 1 aliphatic heterocycles. The van der Waals surface area contributed by atoms with Gasteiger partial charge in [-0.05, 0) is 17.5 Å². The van der Waals surface area contributed by atoms with Crippen LogP contribution < -0.4 is 5.73 Å². The van der Waals surface area contributed by atoms with Crippen LogP contribution in [0, 0.1) is 0 Å². The summed E-state index contributed by atoms with van der Waals surface area (Å²) in [4.78, 5) is 6.70. The first-order valence-electron chi connectivity index (χ1n) is 8.57. The molecular formula is C20H26IN3O. The summed E-state index contributed by atoms with van der Waals surface area (Å²) in [5, 5.41) is 0. The number of halogens is 1. The number of nitrogens with two attached hydrogens (primary N) is 1. The maximum absolute atomic E-state index is 6.13. The lowest BCUT2D eigenvalue weighted by atomic mass is 9.89. The number of morpholine rings is 1. The predicted octanol–water partition coefficient (Wildman–Crippen LogP) is 3.47. The SMILES string of the molecule is I.NC(=NCCC(c1ccccc1)c1ccccc1)N1CCOCC1. The molecule has 0 aliphatic carbocycles. The van der Waals surface area contributed by atoms with Crippen molar-refractivity contribution in [3.8, 4) is 0 Å². The number of rotatable bonds is 5. The number of hydrogen-bond acceptors (Lipinski definition) is 2. The third kappa shape index (κ3) is 5.71. The summed E-state index contributed by atoms with van der Waals surface area (Å²) >= 11 is 0. The first kappa shape index (κ1) is 19.7. The van der Waals surface area contributed by atoms with E-state index in [2.05, 4.69) is 70.6 Å². The monoisotopic (exact) mass is 451 g/mol. The van der Waals surface area contributed by atoms with Crippen molar-refractivity contribution >= 4 is 29.9 Å². The van der Waals surface area contributed by atoms with Crippen LogP contribution in [-0.2, 0) is 4.74 Å². The Morgan fingerprint density at radius 2 is 1.48 bits per heavy atom. The fourth-order valence-electron chi connectivity index (χ4n) is 3.10. The molecule has 3 rings (SSSR count). The van der Waals surface area contributed by atoms with Gasteiger partial charge in [-0.25, -0.2) is 0 Å². The molecule has 5 heteroatoms. The Balaban J connectivity index is 0.00000225. The molecule has 0 unspecified atom stereocenters. The van der Waals surface area contributed by atoms with Crippen LogP contribution in [0.3, 0.4) is 0 Å². The zero-order chi connectivity index (χ0) is 16.6. The Kier molecular flexibility index (Phi) is 8.21. The molecule has 1 heterocycles. The molecule has 25 heavy (non-hydrogen) atoms. The van der Waals surface area contributed by atoms with Crippen LogP contribution in [0.1, 0.15) is 23.5 Å². The van der Waals surface area contributed by atoms with Crippen LogP contribution in [0.2, 0.25) is 0 Å². The van der Waals surface area contributed by atoms with Crippen LogP contribution in [0.5, 0.6) is 0 Å². The second-order valence-corrected chi connectivity index (χ2v) is 6.00. The van der Waals surface area contributed by atoms with Gasteiger partial charge in [0.05, 0.1) is 13.2 Å². The first-order chi connectivity index (χ1) is 11.8. The third-order valence-electron chi connectivity index (χ3n) is 4.43. The van der Waals surface area contributed by atoms with E-state index in [1.54, 1.807) is 0 Å². The molecule has 1 fully saturated rings. The topological polar surface area (TPSA) is 50.8 Å². The van der Waals surface area contributed by atoms with Crippen molar-refractivity contribution in [2.24, 2.45) is 10.7 Å². The van der Waals surface area contributed by atoms with Gasteiger partial charge >= 0.3 is 0 Å². The minimum atomic E-state index is 0. The van der Waals surface area contributed by atoms with Crippen molar-refractivity contribution in [1.29, 1.82) is 0 Å². The van der Waals surface area contributed by atoms with E-state index in [1.807, 2.05) is 0 Å². The summed E-state index contributed by atoms with van der Waals surface area (Å²) in [5.41, 5.74) is 8.78. The molecule has 2 aromatic rings. The molecule has 1 aliphatic rings. The lowest BCUT2D eigenvalue weighted by molar-refractivity contribution is 0.0674. The van der Waals surface area contributed by atoms with Crippen LogP contribution >= 0.6 is 24.0 Å². The fraction of sp³-hybridized carbons (Fsp3) is 0.350. The van der Waals surface area contributed by atoms with Crippen molar-refractivity contribution in [3.63, 3.8) is 0 Å². The molecule has 2 aromatic carbocycles. The van der Waals surface area contributed by atoms with E-state index in [-0.39, 0.29) is 24.0 Å². The van der Waals surface area contributed by atoms with Crippen molar-refractivity contribution < 1.29 is 4.74 Å². The van der Waals surface area contributed by atoms with Crippen molar-refractivity contribution in [2.75, 3.05) is 32.8 Å². The number of hydrogen-bond donors (Lipinski definition) is 1. The van der Waals surface area contributed by atoms with Gasteiger partial charge in [-0.2, -0.15) is 0 Å². The van der Waals surface area contributed by atoms with E-state index in [9.17, 15) is 0 Å².